The summed E-state index contributed by atoms with van der Waals surface area (Å²) in [5.41, 5.74) is 9.20. The molecule has 0 aliphatic heterocycles. The van der Waals surface area contributed by atoms with E-state index in [-0.39, 0.29) is 12.1 Å². The summed E-state index contributed by atoms with van der Waals surface area (Å²) in [6.45, 7) is 0.257. The molecule has 6 heteroatoms. The molecule has 19 heavy (non-hydrogen) atoms. The van der Waals surface area contributed by atoms with Gasteiger partial charge in [-0.05, 0) is 17.7 Å². The highest BCUT2D eigenvalue weighted by Crippen LogP contribution is 2.24. The Bertz CT molecular complexity index is 804. The lowest BCUT2D eigenvalue weighted by atomic mass is 10.1. The zero-order chi connectivity index (χ0) is 13.4. The van der Waals surface area contributed by atoms with Crippen LogP contribution in [0.25, 0.3) is 22.4 Å². The second-order valence-corrected chi connectivity index (χ2v) is 4.22. The van der Waals surface area contributed by atoms with Gasteiger partial charge in [0.05, 0.1) is 5.69 Å². The van der Waals surface area contributed by atoms with Crippen LogP contribution in [0.3, 0.4) is 0 Å². The number of nitrogens with two attached hydrogens (primary N) is 1. The maximum absolute atomic E-state index is 11.6. The maximum atomic E-state index is 11.6. The van der Waals surface area contributed by atoms with Gasteiger partial charge in [-0.3, -0.25) is 4.79 Å². The van der Waals surface area contributed by atoms with Crippen molar-refractivity contribution in [3.63, 3.8) is 0 Å². The summed E-state index contributed by atoms with van der Waals surface area (Å²) in [5, 5.41) is 4.27. The molecule has 0 aliphatic carbocycles. The van der Waals surface area contributed by atoms with Gasteiger partial charge < -0.3 is 10.2 Å². The van der Waals surface area contributed by atoms with Gasteiger partial charge in [0.2, 0.25) is 0 Å². The van der Waals surface area contributed by atoms with Crippen molar-refractivity contribution < 1.29 is 4.42 Å². The Kier molecular flexibility index (Phi) is 2.64. The number of nitrogens with zero attached hydrogens (tertiary/aromatic N) is 3. The van der Waals surface area contributed by atoms with Gasteiger partial charge in [0.15, 0.2) is 12.0 Å². The third-order valence-corrected chi connectivity index (χ3v) is 3.00. The molecule has 96 valence electrons. The number of fused-ring (bicyclic) bond motifs is 1. The Morgan fingerprint density at radius 1 is 1.37 bits per heavy atom. The van der Waals surface area contributed by atoms with Crippen LogP contribution in [0.2, 0.25) is 0 Å². The molecule has 0 unspecified atom stereocenters. The summed E-state index contributed by atoms with van der Waals surface area (Å²) >= 11 is 0. The molecule has 2 heterocycles. The van der Waals surface area contributed by atoms with E-state index in [1.807, 2.05) is 18.2 Å². The molecule has 0 radical (unpaired) electrons. The lowest BCUT2D eigenvalue weighted by molar-refractivity contribution is 0.602. The number of hydrogen-bond acceptors (Lipinski definition) is 5. The minimum atomic E-state index is -0.176. The van der Waals surface area contributed by atoms with Gasteiger partial charge >= 0.3 is 0 Å². The average molecular weight is 256 g/mol. The highest BCUT2D eigenvalue weighted by molar-refractivity contribution is 5.79. The molecular weight excluding hydrogens is 244 g/mol. The van der Waals surface area contributed by atoms with Crippen molar-refractivity contribution in [1.29, 1.82) is 0 Å². The van der Waals surface area contributed by atoms with Gasteiger partial charge in [0.1, 0.15) is 5.52 Å². The molecule has 3 rings (SSSR count). The van der Waals surface area contributed by atoms with Crippen molar-refractivity contribution >= 4 is 11.1 Å². The molecule has 0 atom stereocenters. The van der Waals surface area contributed by atoms with E-state index in [1.165, 1.54) is 17.1 Å². The van der Waals surface area contributed by atoms with E-state index >= 15 is 0 Å². The molecule has 0 bridgehead atoms. The molecule has 0 fully saturated rings. The monoisotopic (exact) mass is 256 g/mol. The summed E-state index contributed by atoms with van der Waals surface area (Å²) in [6.07, 6.45) is 1.40. The first-order valence-electron chi connectivity index (χ1n) is 5.80. The smallest absolute Gasteiger partial charge is 0.266 e. The van der Waals surface area contributed by atoms with Crippen LogP contribution in [0.5, 0.6) is 0 Å². The predicted molar refractivity (Wildman–Crippen MR) is 70.4 cm³/mol. The van der Waals surface area contributed by atoms with Gasteiger partial charge in [-0.25, -0.2) is 9.67 Å². The number of benzene rings is 1. The van der Waals surface area contributed by atoms with E-state index in [0.29, 0.717) is 16.8 Å². The highest BCUT2D eigenvalue weighted by atomic mass is 16.3. The van der Waals surface area contributed by atoms with Crippen molar-refractivity contribution in [3.8, 4) is 11.3 Å². The minimum Gasteiger partial charge on any atom is -0.443 e. The topological polar surface area (TPSA) is 86.9 Å². The van der Waals surface area contributed by atoms with Crippen molar-refractivity contribution in [2.45, 2.75) is 6.54 Å². The van der Waals surface area contributed by atoms with Gasteiger partial charge in [0, 0.05) is 25.2 Å². The molecule has 2 aromatic heterocycles. The number of hydrogen-bond donors (Lipinski definition) is 1. The van der Waals surface area contributed by atoms with Crippen LogP contribution >= 0.6 is 0 Å². The summed E-state index contributed by atoms with van der Waals surface area (Å²) in [6, 6.07) is 7.08. The standard InChI is InChI=1S/C13H12N4O2/c1-17-12(18)5-9(6-14)13(16-17)8-2-3-10-11(4-8)19-7-15-10/h2-5,7H,6,14H2,1H3. The van der Waals surface area contributed by atoms with Crippen LogP contribution in [0.15, 0.2) is 39.9 Å². The minimum absolute atomic E-state index is 0.176. The molecule has 0 saturated heterocycles. The van der Waals surface area contributed by atoms with E-state index < -0.39 is 0 Å². The first-order valence-corrected chi connectivity index (χ1v) is 5.80. The molecule has 1 aromatic carbocycles. The van der Waals surface area contributed by atoms with Gasteiger partial charge in [-0.15, -0.1) is 0 Å². The molecule has 0 amide bonds. The van der Waals surface area contributed by atoms with E-state index in [9.17, 15) is 4.79 Å². The van der Waals surface area contributed by atoms with Crippen LogP contribution in [0.4, 0.5) is 0 Å². The molecule has 0 saturated carbocycles. The normalized spacial score (nSPS) is 11.1. The lowest BCUT2D eigenvalue weighted by Gasteiger charge is -2.08. The van der Waals surface area contributed by atoms with Gasteiger partial charge in [0.25, 0.3) is 5.56 Å². The molecule has 6 nitrogen and oxygen atoms in total. The van der Waals surface area contributed by atoms with Crippen LogP contribution in [-0.4, -0.2) is 14.8 Å². The fraction of sp³-hybridized carbons (Fsp3) is 0.154. The van der Waals surface area contributed by atoms with Crippen molar-refractivity contribution in [2.24, 2.45) is 12.8 Å². The Hall–Kier alpha value is -2.47. The first kappa shape index (κ1) is 11.6. The zero-order valence-electron chi connectivity index (χ0n) is 10.3. The Balaban J connectivity index is 2.24. The Morgan fingerprint density at radius 3 is 3.00 bits per heavy atom. The summed E-state index contributed by atoms with van der Waals surface area (Å²) < 4.78 is 6.56. The van der Waals surface area contributed by atoms with E-state index in [4.69, 9.17) is 10.2 Å². The molecule has 2 N–H and O–H groups in total. The van der Waals surface area contributed by atoms with Crippen molar-refractivity contribution in [1.82, 2.24) is 14.8 Å². The van der Waals surface area contributed by atoms with Gasteiger partial charge in [-0.2, -0.15) is 5.10 Å². The third kappa shape index (κ3) is 1.92. The molecule has 3 aromatic rings. The number of aryl methyl sites for hydroxylation is 1. The van der Waals surface area contributed by atoms with Crippen LogP contribution in [0, 0.1) is 0 Å². The first-order chi connectivity index (χ1) is 9.19. The maximum Gasteiger partial charge on any atom is 0.266 e. The fourth-order valence-corrected chi connectivity index (χ4v) is 1.98. The zero-order valence-corrected chi connectivity index (χ0v) is 10.3. The number of oxazole rings is 1. The van der Waals surface area contributed by atoms with Crippen LogP contribution in [-0.2, 0) is 13.6 Å². The Morgan fingerprint density at radius 2 is 2.21 bits per heavy atom. The number of aromatic nitrogens is 3. The molecular formula is C13H12N4O2. The molecule has 0 aliphatic rings. The third-order valence-electron chi connectivity index (χ3n) is 3.00. The van der Waals surface area contributed by atoms with Crippen molar-refractivity contribution in [2.75, 3.05) is 0 Å². The van der Waals surface area contributed by atoms with Gasteiger partial charge in [-0.1, -0.05) is 6.07 Å². The van der Waals surface area contributed by atoms with Crippen LogP contribution < -0.4 is 11.3 Å². The quantitative estimate of drug-likeness (QED) is 0.740. The number of rotatable bonds is 2. The Labute approximate surface area is 108 Å². The summed E-state index contributed by atoms with van der Waals surface area (Å²) in [4.78, 5) is 15.6. The predicted octanol–water partition coefficient (Wildman–Crippen LogP) is 1.05. The van der Waals surface area contributed by atoms with E-state index in [1.54, 1.807) is 7.05 Å². The second kappa shape index (κ2) is 4.33. The average Bonchev–Trinajstić information content (AvgIpc) is 2.88. The summed E-state index contributed by atoms with van der Waals surface area (Å²) in [7, 11) is 1.61. The highest BCUT2D eigenvalue weighted by Gasteiger charge is 2.10. The van der Waals surface area contributed by atoms with Crippen molar-refractivity contribution in [3.05, 3.63) is 46.6 Å². The lowest BCUT2D eigenvalue weighted by Crippen LogP contribution is -2.21. The molecule has 0 spiro atoms. The van der Waals surface area contributed by atoms with E-state index in [0.717, 1.165) is 11.1 Å². The fourth-order valence-electron chi connectivity index (χ4n) is 1.98. The van der Waals surface area contributed by atoms with E-state index in [2.05, 4.69) is 10.1 Å². The largest absolute Gasteiger partial charge is 0.443 e. The summed E-state index contributed by atoms with van der Waals surface area (Å²) in [5.74, 6) is 0. The second-order valence-electron chi connectivity index (χ2n) is 4.22. The van der Waals surface area contributed by atoms with Crippen LogP contribution in [0.1, 0.15) is 5.56 Å². The SMILES string of the molecule is Cn1nc(-c2ccc3ncoc3c2)c(CN)cc1=O.